The van der Waals surface area contributed by atoms with Crippen LogP contribution in [0.1, 0.15) is 67.8 Å². The lowest BCUT2D eigenvalue weighted by Gasteiger charge is -2.42. The number of carbonyl (C=O) groups excluding carboxylic acids is 1. The fourth-order valence-corrected chi connectivity index (χ4v) is 7.32. The third-order valence-corrected chi connectivity index (χ3v) is 9.60. The lowest BCUT2D eigenvalue weighted by atomic mass is 9.83. The van der Waals surface area contributed by atoms with Crippen LogP contribution in [0.25, 0.3) is 0 Å². The molecule has 5 rings (SSSR count). The van der Waals surface area contributed by atoms with Gasteiger partial charge >= 0.3 is 0 Å². The van der Waals surface area contributed by atoms with Crippen LogP contribution in [-0.4, -0.2) is 42.0 Å². The summed E-state index contributed by atoms with van der Waals surface area (Å²) in [6.45, 7) is 4.51. The average Bonchev–Trinajstić information content (AvgIpc) is 3.42. The van der Waals surface area contributed by atoms with Gasteiger partial charge in [-0.2, -0.15) is 0 Å². The van der Waals surface area contributed by atoms with Crippen molar-refractivity contribution in [1.82, 2.24) is 4.90 Å². The van der Waals surface area contributed by atoms with Crippen LogP contribution >= 0.6 is 11.3 Å². The van der Waals surface area contributed by atoms with Crippen LogP contribution in [0.15, 0.2) is 71.6 Å². The van der Waals surface area contributed by atoms with Crippen molar-refractivity contribution >= 4 is 17.2 Å². The highest BCUT2D eigenvalue weighted by Crippen LogP contribution is 2.40. The molecule has 2 aliphatic heterocycles. The van der Waals surface area contributed by atoms with Gasteiger partial charge in [-0.25, -0.2) is 0 Å². The average molecular weight is 490 g/mol. The quantitative estimate of drug-likeness (QED) is 0.361. The molecule has 4 heteroatoms. The number of piperidine rings is 2. The Morgan fingerprint density at radius 2 is 1.83 bits per heavy atom. The van der Waals surface area contributed by atoms with Gasteiger partial charge in [0.15, 0.2) is 0 Å². The van der Waals surface area contributed by atoms with Crippen molar-refractivity contribution in [3.63, 3.8) is 0 Å². The fourth-order valence-electron chi connectivity index (χ4n) is 6.44. The zero-order valence-corrected chi connectivity index (χ0v) is 22.1. The highest BCUT2D eigenvalue weighted by Gasteiger charge is 2.37. The topological polar surface area (TPSA) is 20.3 Å². The second-order valence-corrected chi connectivity index (χ2v) is 12.3. The molecule has 0 radical (unpaired) electrons. The standard InChI is InChI=1S/C31H41N2OS/c1-33(24-27-11-6-3-7-12-27)20-18-25(19-21-33)14-15-28-16-17-29(30-13-8-22-35-30)32(31(28)34)23-26-9-4-2-5-10-26/h2-6,8-11,13,22,25,28-29H,7,12,14-21,23-24H2,1H3/q+1. The van der Waals surface area contributed by atoms with Gasteiger partial charge in [0.05, 0.1) is 26.2 Å². The van der Waals surface area contributed by atoms with Crippen molar-refractivity contribution in [1.29, 1.82) is 0 Å². The number of amides is 1. The summed E-state index contributed by atoms with van der Waals surface area (Å²) in [7, 11) is 2.45. The number of hydrogen-bond acceptors (Lipinski definition) is 2. The third-order valence-electron chi connectivity index (χ3n) is 8.63. The molecule has 2 atom stereocenters. The Morgan fingerprint density at radius 1 is 1.00 bits per heavy atom. The molecule has 3 nitrogen and oxygen atoms in total. The Bertz CT molecular complexity index is 1020. The molecule has 2 unspecified atom stereocenters. The van der Waals surface area contributed by atoms with Crippen molar-refractivity contribution < 1.29 is 9.28 Å². The second kappa shape index (κ2) is 11.3. The van der Waals surface area contributed by atoms with E-state index in [4.69, 9.17) is 0 Å². The molecule has 3 heterocycles. The summed E-state index contributed by atoms with van der Waals surface area (Å²) >= 11 is 1.79. The summed E-state index contributed by atoms with van der Waals surface area (Å²) in [5.74, 6) is 1.36. The molecule has 0 saturated carbocycles. The Kier molecular flexibility index (Phi) is 7.89. The minimum absolute atomic E-state index is 0.192. The van der Waals surface area contributed by atoms with Gasteiger partial charge in [0.1, 0.15) is 6.54 Å². The van der Waals surface area contributed by atoms with E-state index >= 15 is 0 Å². The summed E-state index contributed by atoms with van der Waals surface area (Å²) in [6, 6.07) is 15.1. The predicted molar refractivity (Wildman–Crippen MR) is 146 cm³/mol. The minimum atomic E-state index is 0.192. The number of carbonyl (C=O) groups is 1. The molecule has 0 spiro atoms. The fraction of sp³-hybridized carbons (Fsp3) is 0.516. The summed E-state index contributed by atoms with van der Waals surface area (Å²) in [6.07, 6.45) is 16.3. The van der Waals surface area contributed by atoms with Crippen LogP contribution in [0.4, 0.5) is 0 Å². The molecular weight excluding hydrogens is 448 g/mol. The Balaban J connectivity index is 1.17. The first-order chi connectivity index (χ1) is 17.1. The van der Waals surface area contributed by atoms with Gasteiger partial charge in [0.2, 0.25) is 5.91 Å². The van der Waals surface area contributed by atoms with E-state index in [1.807, 2.05) is 0 Å². The maximum Gasteiger partial charge on any atom is 0.226 e. The zero-order chi connectivity index (χ0) is 24.1. The summed E-state index contributed by atoms with van der Waals surface area (Å²) in [4.78, 5) is 17.3. The van der Waals surface area contributed by atoms with Gasteiger partial charge in [0, 0.05) is 17.3 Å². The number of benzene rings is 1. The van der Waals surface area contributed by atoms with Crippen molar-refractivity contribution in [2.45, 2.75) is 64.0 Å². The van der Waals surface area contributed by atoms with Crippen LogP contribution in [0.3, 0.4) is 0 Å². The van der Waals surface area contributed by atoms with Crippen LogP contribution in [-0.2, 0) is 11.3 Å². The molecule has 0 bridgehead atoms. The van der Waals surface area contributed by atoms with Crippen molar-refractivity contribution in [2.75, 3.05) is 26.7 Å². The van der Waals surface area contributed by atoms with Gasteiger partial charge in [0.25, 0.3) is 0 Å². The number of likely N-dealkylation sites (N-methyl/N-ethyl adjacent to an activating group) is 1. The largest absolute Gasteiger partial charge is 0.330 e. The molecule has 35 heavy (non-hydrogen) atoms. The number of quaternary nitrogens is 1. The lowest BCUT2D eigenvalue weighted by molar-refractivity contribution is -0.910. The summed E-state index contributed by atoms with van der Waals surface area (Å²) in [5.41, 5.74) is 2.86. The molecule has 2 saturated heterocycles. The first kappa shape index (κ1) is 24.5. The predicted octanol–water partition coefficient (Wildman–Crippen LogP) is 7.14. The Labute approximate surface area is 215 Å². The second-order valence-electron chi connectivity index (χ2n) is 11.3. The van der Waals surface area contributed by atoms with E-state index in [2.05, 4.69) is 78.0 Å². The maximum atomic E-state index is 13.7. The smallest absolute Gasteiger partial charge is 0.226 e. The highest BCUT2D eigenvalue weighted by molar-refractivity contribution is 7.10. The molecule has 0 N–H and O–H groups in total. The van der Waals surface area contributed by atoms with Crippen molar-refractivity contribution in [3.8, 4) is 0 Å². The van der Waals surface area contributed by atoms with E-state index in [0.717, 1.165) is 31.7 Å². The van der Waals surface area contributed by atoms with E-state index in [9.17, 15) is 4.79 Å². The monoisotopic (exact) mass is 489 g/mol. The number of hydrogen-bond donors (Lipinski definition) is 0. The summed E-state index contributed by atoms with van der Waals surface area (Å²) < 4.78 is 1.20. The molecule has 1 aliphatic carbocycles. The zero-order valence-electron chi connectivity index (χ0n) is 21.3. The highest BCUT2D eigenvalue weighted by atomic mass is 32.1. The van der Waals surface area contributed by atoms with E-state index < -0.39 is 0 Å². The van der Waals surface area contributed by atoms with Gasteiger partial charge in [-0.1, -0.05) is 54.6 Å². The van der Waals surface area contributed by atoms with Gasteiger partial charge in [-0.15, -0.1) is 11.3 Å². The van der Waals surface area contributed by atoms with E-state index in [-0.39, 0.29) is 12.0 Å². The molecule has 2 aromatic rings. The van der Waals surface area contributed by atoms with Gasteiger partial charge in [-0.05, 0) is 79.9 Å². The van der Waals surface area contributed by atoms with Crippen molar-refractivity contribution in [3.05, 3.63) is 82.1 Å². The van der Waals surface area contributed by atoms with E-state index in [1.54, 1.807) is 16.9 Å². The first-order valence-corrected chi connectivity index (χ1v) is 14.5. The van der Waals surface area contributed by atoms with Crippen LogP contribution in [0.2, 0.25) is 0 Å². The lowest BCUT2D eigenvalue weighted by Crippen LogP contribution is -2.51. The summed E-state index contributed by atoms with van der Waals surface area (Å²) in [5, 5.41) is 2.14. The van der Waals surface area contributed by atoms with Crippen molar-refractivity contribution in [2.24, 2.45) is 11.8 Å². The Morgan fingerprint density at radius 3 is 2.54 bits per heavy atom. The van der Waals surface area contributed by atoms with Crippen LogP contribution in [0, 0.1) is 11.8 Å². The van der Waals surface area contributed by atoms with E-state index in [1.165, 1.54) is 66.7 Å². The maximum absolute atomic E-state index is 13.7. The van der Waals surface area contributed by atoms with Gasteiger partial charge < -0.3 is 9.38 Å². The van der Waals surface area contributed by atoms with E-state index in [0.29, 0.717) is 5.91 Å². The molecular formula is C31H41N2OS+. The number of allylic oxidation sites excluding steroid dienone is 3. The number of nitrogens with zero attached hydrogens (tertiary/aromatic N) is 2. The number of thiophene rings is 1. The normalized spacial score (nSPS) is 29.3. The Hall–Kier alpha value is -2.17. The number of rotatable bonds is 8. The first-order valence-electron chi connectivity index (χ1n) is 13.7. The van der Waals surface area contributed by atoms with Gasteiger partial charge in [-0.3, -0.25) is 4.79 Å². The van der Waals surface area contributed by atoms with Crippen LogP contribution < -0.4 is 0 Å². The molecule has 1 aromatic carbocycles. The molecule has 1 aromatic heterocycles. The number of likely N-dealkylation sites (tertiary alicyclic amines) is 2. The minimum Gasteiger partial charge on any atom is -0.330 e. The third kappa shape index (κ3) is 6.16. The molecule has 1 amide bonds. The molecule has 3 aliphatic rings. The molecule has 2 fully saturated rings. The van der Waals surface area contributed by atoms with Crippen LogP contribution in [0.5, 0.6) is 0 Å². The SMILES string of the molecule is C[N+]1(CC2=CC=CCC2)CCC(CCC2CCC(c3cccs3)N(Cc3ccccc3)C2=O)CC1. The molecule has 186 valence electrons.